The monoisotopic (exact) mass is 298 g/mol. The fourth-order valence-electron chi connectivity index (χ4n) is 1.94. The highest BCUT2D eigenvalue weighted by molar-refractivity contribution is 7.11. The average Bonchev–Trinajstić information content (AvgIpc) is 2.73. The first-order chi connectivity index (χ1) is 9.42. The van der Waals surface area contributed by atoms with E-state index in [9.17, 15) is 9.59 Å². The van der Waals surface area contributed by atoms with E-state index in [1.807, 2.05) is 20.8 Å². The lowest BCUT2D eigenvalue weighted by atomic mass is 10.2. The Kier molecular flexibility index (Phi) is 6.51. The second-order valence-electron chi connectivity index (χ2n) is 4.88. The minimum absolute atomic E-state index is 0.0197. The van der Waals surface area contributed by atoms with E-state index in [-0.39, 0.29) is 18.6 Å². The van der Waals surface area contributed by atoms with Crippen molar-refractivity contribution in [1.29, 1.82) is 0 Å². The molecule has 2 amide bonds. The maximum Gasteiger partial charge on any atom is 0.323 e. The molecule has 6 heteroatoms. The van der Waals surface area contributed by atoms with Crippen LogP contribution < -0.4 is 5.32 Å². The molecule has 1 aromatic heterocycles. The molecule has 0 fully saturated rings. The van der Waals surface area contributed by atoms with Crippen molar-refractivity contribution in [2.24, 2.45) is 0 Å². The molecule has 1 atom stereocenters. The first-order valence-corrected chi connectivity index (χ1v) is 7.56. The molecule has 5 nitrogen and oxygen atoms in total. The van der Waals surface area contributed by atoms with Crippen LogP contribution in [0.15, 0.2) is 12.1 Å². The molecule has 1 rings (SSSR count). The smallest absolute Gasteiger partial charge is 0.323 e. The molecule has 112 valence electrons. The standard InChI is InChI=1S/C14H22N2O3S/c1-4-7-16(9-13(17)18)14(19)15-10(2)8-12-6-5-11(3)20-12/h5-6,10H,4,7-9H2,1-3H3,(H,15,19)(H,17,18). The highest BCUT2D eigenvalue weighted by atomic mass is 32.1. The average molecular weight is 298 g/mol. The summed E-state index contributed by atoms with van der Waals surface area (Å²) in [6, 6.07) is 3.79. The van der Waals surface area contributed by atoms with Crippen molar-refractivity contribution in [3.8, 4) is 0 Å². The van der Waals surface area contributed by atoms with E-state index < -0.39 is 5.97 Å². The lowest BCUT2D eigenvalue weighted by Gasteiger charge is -2.23. The van der Waals surface area contributed by atoms with Gasteiger partial charge in [0.05, 0.1) is 0 Å². The summed E-state index contributed by atoms with van der Waals surface area (Å²) in [5, 5.41) is 11.7. The second-order valence-corrected chi connectivity index (χ2v) is 6.25. The molecule has 0 aromatic carbocycles. The summed E-state index contributed by atoms with van der Waals surface area (Å²) in [6.07, 6.45) is 1.50. The number of hydrogen-bond acceptors (Lipinski definition) is 3. The zero-order chi connectivity index (χ0) is 15.1. The molecule has 0 saturated heterocycles. The Morgan fingerprint density at radius 2 is 2.15 bits per heavy atom. The first-order valence-electron chi connectivity index (χ1n) is 6.75. The number of amides is 2. The molecule has 1 heterocycles. The predicted molar refractivity (Wildman–Crippen MR) is 80.3 cm³/mol. The molecule has 2 N–H and O–H groups in total. The fourth-order valence-corrected chi connectivity index (χ4v) is 2.95. The minimum atomic E-state index is -0.991. The highest BCUT2D eigenvalue weighted by Crippen LogP contribution is 2.16. The van der Waals surface area contributed by atoms with Gasteiger partial charge in [-0.3, -0.25) is 4.79 Å². The number of carboxylic acid groups (broad SMARTS) is 1. The Balaban J connectivity index is 2.51. The van der Waals surface area contributed by atoms with E-state index in [1.54, 1.807) is 11.3 Å². The Hall–Kier alpha value is -1.56. The fraction of sp³-hybridized carbons (Fsp3) is 0.571. The lowest BCUT2D eigenvalue weighted by molar-refractivity contribution is -0.137. The second kappa shape index (κ2) is 7.89. The highest BCUT2D eigenvalue weighted by Gasteiger charge is 2.17. The van der Waals surface area contributed by atoms with E-state index in [0.29, 0.717) is 6.54 Å². The summed E-state index contributed by atoms with van der Waals surface area (Å²) in [5.41, 5.74) is 0. The molecule has 20 heavy (non-hydrogen) atoms. The zero-order valence-electron chi connectivity index (χ0n) is 12.2. The van der Waals surface area contributed by atoms with E-state index >= 15 is 0 Å². The Bertz CT molecular complexity index is 459. The first kappa shape index (κ1) is 16.5. The van der Waals surface area contributed by atoms with Crippen molar-refractivity contribution in [3.05, 3.63) is 21.9 Å². The summed E-state index contributed by atoms with van der Waals surface area (Å²) in [4.78, 5) is 26.6. The number of carbonyl (C=O) groups excluding carboxylic acids is 1. The van der Waals surface area contributed by atoms with Gasteiger partial charge in [0.1, 0.15) is 6.54 Å². The summed E-state index contributed by atoms with van der Waals surface area (Å²) in [7, 11) is 0. The number of nitrogens with one attached hydrogen (secondary N) is 1. The number of thiophene rings is 1. The molecule has 0 aliphatic carbocycles. The maximum atomic E-state index is 12.0. The van der Waals surface area contributed by atoms with E-state index in [4.69, 9.17) is 5.11 Å². The SMILES string of the molecule is CCCN(CC(=O)O)C(=O)NC(C)Cc1ccc(C)s1. The number of hydrogen-bond donors (Lipinski definition) is 2. The number of carbonyl (C=O) groups is 2. The Morgan fingerprint density at radius 3 is 2.65 bits per heavy atom. The lowest BCUT2D eigenvalue weighted by Crippen LogP contribution is -2.46. The Morgan fingerprint density at radius 1 is 1.45 bits per heavy atom. The third-order valence-corrected chi connectivity index (χ3v) is 3.80. The number of carboxylic acids is 1. The van der Waals surface area contributed by atoms with Crippen LogP contribution in [0.4, 0.5) is 4.79 Å². The van der Waals surface area contributed by atoms with Crippen LogP contribution in [0.3, 0.4) is 0 Å². The van der Waals surface area contributed by atoms with Crippen molar-refractivity contribution >= 4 is 23.3 Å². The molecule has 0 saturated carbocycles. The van der Waals surface area contributed by atoms with Crippen LogP contribution in [0.2, 0.25) is 0 Å². The van der Waals surface area contributed by atoms with Gasteiger partial charge in [-0.2, -0.15) is 0 Å². The van der Waals surface area contributed by atoms with Crippen LogP contribution >= 0.6 is 11.3 Å². The van der Waals surface area contributed by atoms with Crippen molar-refractivity contribution in [1.82, 2.24) is 10.2 Å². The molecular formula is C14H22N2O3S. The van der Waals surface area contributed by atoms with Gasteiger partial charge in [-0.15, -0.1) is 11.3 Å². The third kappa shape index (κ3) is 5.61. The Labute approximate surface area is 123 Å². The molecule has 0 aliphatic heterocycles. The van der Waals surface area contributed by atoms with Crippen molar-refractivity contribution in [3.63, 3.8) is 0 Å². The predicted octanol–water partition coefficient (Wildman–Crippen LogP) is 2.49. The molecule has 0 bridgehead atoms. The van der Waals surface area contributed by atoms with Gasteiger partial charge < -0.3 is 15.3 Å². The molecule has 1 aromatic rings. The summed E-state index contributed by atoms with van der Waals surface area (Å²) in [6.45, 7) is 6.08. The third-order valence-electron chi connectivity index (χ3n) is 2.78. The molecular weight excluding hydrogens is 276 g/mol. The normalized spacial score (nSPS) is 11.9. The van der Waals surface area contributed by atoms with Crippen LogP contribution in [-0.2, 0) is 11.2 Å². The van der Waals surface area contributed by atoms with Crippen LogP contribution in [-0.4, -0.2) is 41.1 Å². The number of urea groups is 1. The largest absolute Gasteiger partial charge is 0.480 e. The van der Waals surface area contributed by atoms with Gasteiger partial charge in [-0.1, -0.05) is 6.92 Å². The van der Waals surface area contributed by atoms with Crippen molar-refractivity contribution < 1.29 is 14.7 Å². The summed E-state index contributed by atoms with van der Waals surface area (Å²) in [5.74, 6) is -0.991. The van der Waals surface area contributed by atoms with Crippen molar-refractivity contribution in [2.75, 3.05) is 13.1 Å². The summed E-state index contributed by atoms with van der Waals surface area (Å²) >= 11 is 1.71. The van der Waals surface area contributed by atoms with Gasteiger partial charge >= 0.3 is 12.0 Å². The maximum absolute atomic E-state index is 12.0. The van der Waals surface area contributed by atoms with Crippen LogP contribution in [0.25, 0.3) is 0 Å². The van der Waals surface area contributed by atoms with Gasteiger partial charge in [-0.05, 0) is 32.4 Å². The van der Waals surface area contributed by atoms with Gasteiger partial charge in [0, 0.05) is 28.8 Å². The topological polar surface area (TPSA) is 69.6 Å². The van der Waals surface area contributed by atoms with Gasteiger partial charge in [0.15, 0.2) is 0 Å². The number of rotatable bonds is 7. The number of aryl methyl sites for hydroxylation is 1. The zero-order valence-corrected chi connectivity index (χ0v) is 13.0. The van der Waals surface area contributed by atoms with Crippen molar-refractivity contribution in [2.45, 2.75) is 39.7 Å². The van der Waals surface area contributed by atoms with Gasteiger partial charge in [0.25, 0.3) is 0 Å². The quantitative estimate of drug-likeness (QED) is 0.812. The van der Waals surface area contributed by atoms with Crippen LogP contribution in [0, 0.1) is 6.92 Å². The number of aliphatic carboxylic acids is 1. The van der Waals surface area contributed by atoms with Gasteiger partial charge in [0.2, 0.25) is 0 Å². The molecule has 0 spiro atoms. The minimum Gasteiger partial charge on any atom is -0.480 e. The molecule has 0 radical (unpaired) electrons. The van der Waals surface area contributed by atoms with E-state index in [1.165, 1.54) is 14.7 Å². The van der Waals surface area contributed by atoms with Gasteiger partial charge in [-0.25, -0.2) is 4.79 Å². The van der Waals surface area contributed by atoms with E-state index in [2.05, 4.69) is 17.4 Å². The summed E-state index contributed by atoms with van der Waals surface area (Å²) < 4.78 is 0. The van der Waals surface area contributed by atoms with Crippen LogP contribution in [0.5, 0.6) is 0 Å². The van der Waals surface area contributed by atoms with Crippen LogP contribution in [0.1, 0.15) is 30.0 Å². The number of nitrogens with zero attached hydrogens (tertiary/aromatic N) is 1. The molecule has 0 aliphatic rings. The van der Waals surface area contributed by atoms with E-state index in [0.717, 1.165) is 12.8 Å². The molecule has 1 unspecified atom stereocenters.